The number of rotatable bonds is 2. The van der Waals surface area contributed by atoms with Gasteiger partial charge in [-0.2, -0.15) is 17.5 Å². The molecule has 0 aliphatic carbocycles. The van der Waals surface area contributed by atoms with Gasteiger partial charge in [0.15, 0.2) is 5.82 Å². The second kappa shape index (κ2) is 3.96. The first-order valence-electron chi connectivity index (χ1n) is 4.33. The number of hydrogen-bond acceptors (Lipinski definition) is 4. The van der Waals surface area contributed by atoms with Crippen LogP contribution in [-0.4, -0.2) is 21.1 Å². The molecule has 0 saturated carbocycles. The van der Waals surface area contributed by atoms with Crippen LogP contribution >= 0.6 is 11.5 Å². The van der Waals surface area contributed by atoms with Gasteiger partial charge in [-0.1, -0.05) is 0 Å². The van der Waals surface area contributed by atoms with Gasteiger partial charge in [0.25, 0.3) is 0 Å². The van der Waals surface area contributed by atoms with Gasteiger partial charge >= 0.3 is 6.18 Å². The highest BCUT2D eigenvalue weighted by Crippen LogP contribution is 2.23. The maximum Gasteiger partial charge on any atom is 0.396 e. The standard InChI is InChI=1S/C8H12F3N3S/c1-7(2,3)13-6-12-5(14-15-6)4-8(9,10)11/h4H2,1-3H3,(H,12,13,14). The monoisotopic (exact) mass is 239 g/mol. The molecular formula is C8H12F3N3S. The Balaban J connectivity index is 2.65. The molecule has 15 heavy (non-hydrogen) atoms. The summed E-state index contributed by atoms with van der Waals surface area (Å²) in [6, 6.07) is 0. The minimum absolute atomic E-state index is 0.181. The molecule has 0 aliphatic heterocycles. The lowest BCUT2D eigenvalue weighted by Crippen LogP contribution is -2.25. The van der Waals surface area contributed by atoms with Crippen molar-refractivity contribution in [2.75, 3.05) is 5.32 Å². The number of anilines is 1. The van der Waals surface area contributed by atoms with Gasteiger partial charge in [0.1, 0.15) is 6.42 Å². The summed E-state index contributed by atoms with van der Waals surface area (Å²) >= 11 is 0.945. The normalized spacial score (nSPS) is 12.9. The molecule has 0 unspecified atom stereocenters. The Morgan fingerprint density at radius 2 is 1.87 bits per heavy atom. The van der Waals surface area contributed by atoms with Gasteiger partial charge in [-0.15, -0.1) is 0 Å². The number of halogens is 3. The van der Waals surface area contributed by atoms with Crippen LogP contribution in [-0.2, 0) is 6.42 Å². The molecule has 7 heteroatoms. The molecule has 0 aliphatic rings. The van der Waals surface area contributed by atoms with E-state index in [4.69, 9.17) is 0 Å². The van der Waals surface area contributed by atoms with Crippen LogP contribution < -0.4 is 5.32 Å². The van der Waals surface area contributed by atoms with E-state index in [1.807, 2.05) is 20.8 Å². The van der Waals surface area contributed by atoms with Crippen molar-refractivity contribution in [1.82, 2.24) is 9.36 Å². The molecule has 0 radical (unpaired) electrons. The molecular weight excluding hydrogens is 227 g/mol. The first kappa shape index (κ1) is 12.2. The second-order valence-electron chi connectivity index (χ2n) is 4.18. The number of nitrogens with zero attached hydrogens (tertiary/aromatic N) is 2. The zero-order valence-electron chi connectivity index (χ0n) is 8.64. The summed E-state index contributed by atoms with van der Waals surface area (Å²) in [7, 11) is 0. The minimum atomic E-state index is -4.25. The smallest absolute Gasteiger partial charge is 0.356 e. The molecule has 1 heterocycles. The number of nitrogens with one attached hydrogen (secondary N) is 1. The third-order valence-corrected chi connectivity index (χ3v) is 1.98. The van der Waals surface area contributed by atoms with E-state index in [9.17, 15) is 13.2 Å². The topological polar surface area (TPSA) is 37.8 Å². The average molecular weight is 239 g/mol. The van der Waals surface area contributed by atoms with Gasteiger partial charge in [0, 0.05) is 17.1 Å². The van der Waals surface area contributed by atoms with Gasteiger partial charge in [-0.3, -0.25) is 0 Å². The SMILES string of the molecule is CC(C)(C)Nc1nc(CC(F)(F)F)ns1. The maximum absolute atomic E-state index is 12.0. The fraction of sp³-hybridized carbons (Fsp3) is 0.750. The van der Waals surface area contributed by atoms with Crippen molar-refractivity contribution in [3.05, 3.63) is 5.82 Å². The van der Waals surface area contributed by atoms with Crippen LogP contribution in [0.15, 0.2) is 0 Å². The Bertz CT molecular complexity index is 296. The van der Waals surface area contributed by atoms with E-state index in [0.717, 1.165) is 11.5 Å². The minimum Gasteiger partial charge on any atom is -0.356 e. The van der Waals surface area contributed by atoms with Gasteiger partial charge in [-0.25, -0.2) is 4.98 Å². The molecule has 0 saturated heterocycles. The molecule has 3 nitrogen and oxygen atoms in total. The van der Waals surface area contributed by atoms with Gasteiger partial charge in [0.2, 0.25) is 5.13 Å². The van der Waals surface area contributed by atoms with E-state index in [1.54, 1.807) is 0 Å². The maximum atomic E-state index is 12.0. The molecule has 0 atom stereocenters. The van der Waals surface area contributed by atoms with Crippen LogP contribution in [0, 0.1) is 0 Å². The summed E-state index contributed by atoms with van der Waals surface area (Å²) < 4.78 is 39.6. The van der Waals surface area contributed by atoms with Gasteiger partial charge < -0.3 is 5.32 Å². The molecule has 0 amide bonds. The zero-order chi connectivity index (χ0) is 11.7. The Morgan fingerprint density at radius 3 is 2.33 bits per heavy atom. The van der Waals surface area contributed by atoms with Crippen LogP contribution in [0.3, 0.4) is 0 Å². The molecule has 0 aromatic carbocycles. The van der Waals surface area contributed by atoms with Gasteiger partial charge in [-0.05, 0) is 20.8 Å². The van der Waals surface area contributed by atoms with Crippen molar-refractivity contribution in [2.24, 2.45) is 0 Å². The fourth-order valence-electron chi connectivity index (χ4n) is 0.877. The highest BCUT2D eigenvalue weighted by Gasteiger charge is 2.30. The van der Waals surface area contributed by atoms with Crippen molar-refractivity contribution < 1.29 is 13.2 Å². The highest BCUT2D eigenvalue weighted by atomic mass is 32.1. The van der Waals surface area contributed by atoms with E-state index >= 15 is 0 Å². The van der Waals surface area contributed by atoms with Gasteiger partial charge in [0.05, 0.1) is 0 Å². The van der Waals surface area contributed by atoms with E-state index in [2.05, 4.69) is 14.7 Å². The number of hydrogen-bond donors (Lipinski definition) is 1. The molecule has 1 N–H and O–H groups in total. The quantitative estimate of drug-likeness (QED) is 0.862. The number of alkyl halides is 3. The van der Waals surface area contributed by atoms with Crippen LogP contribution in [0.25, 0.3) is 0 Å². The Morgan fingerprint density at radius 1 is 1.27 bits per heavy atom. The summed E-state index contributed by atoms with van der Waals surface area (Å²) in [5.41, 5.74) is -0.227. The first-order valence-corrected chi connectivity index (χ1v) is 5.10. The van der Waals surface area contributed by atoms with Crippen molar-refractivity contribution >= 4 is 16.7 Å². The van der Waals surface area contributed by atoms with Crippen LogP contribution in [0.5, 0.6) is 0 Å². The lowest BCUT2D eigenvalue weighted by atomic mass is 10.1. The van der Waals surface area contributed by atoms with E-state index in [-0.39, 0.29) is 11.4 Å². The van der Waals surface area contributed by atoms with Crippen molar-refractivity contribution in [2.45, 2.75) is 38.9 Å². The molecule has 1 aromatic heterocycles. The summed E-state index contributed by atoms with van der Waals surface area (Å²) in [6.45, 7) is 5.70. The average Bonchev–Trinajstić information content (AvgIpc) is 2.28. The fourth-order valence-corrected chi connectivity index (χ4v) is 1.67. The predicted octanol–water partition coefficient (Wildman–Crippen LogP) is 2.85. The number of aromatic nitrogens is 2. The van der Waals surface area contributed by atoms with E-state index in [1.165, 1.54) is 0 Å². The largest absolute Gasteiger partial charge is 0.396 e. The Hall–Kier alpha value is -0.850. The summed E-state index contributed by atoms with van der Waals surface area (Å²) in [6.07, 6.45) is -5.32. The second-order valence-corrected chi connectivity index (χ2v) is 4.93. The van der Waals surface area contributed by atoms with E-state index < -0.39 is 12.6 Å². The third kappa shape index (κ3) is 4.96. The zero-order valence-corrected chi connectivity index (χ0v) is 9.46. The summed E-state index contributed by atoms with van der Waals surface area (Å²) in [4.78, 5) is 3.76. The Labute approximate surface area is 89.9 Å². The predicted molar refractivity (Wildman–Crippen MR) is 53.0 cm³/mol. The molecule has 0 fully saturated rings. The van der Waals surface area contributed by atoms with Crippen molar-refractivity contribution in [3.8, 4) is 0 Å². The highest BCUT2D eigenvalue weighted by molar-refractivity contribution is 7.09. The first-order chi connectivity index (χ1) is 6.66. The van der Waals surface area contributed by atoms with Crippen molar-refractivity contribution in [3.63, 3.8) is 0 Å². The third-order valence-electron chi connectivity index (χ3n) is 1.31. The Kier molecular flexibility index (Phi) is 3.22. The molecule has 1 aromatic rings. The summed E-state index contributed by atoms with van der Waals surface area (Å²) in [5, 5.41) is 3.38. The van der Waals surface area contributed by atoms with E-state index in [0.29, 0.717) is 5.13 Å². The molecule has 1 rings (SSSR count). The van der Waals surface area contributed by atoms with Crippen LogP contribution in [0.4, 0.5) is 18.3 Å². The van der Waals surface area contributed by atoms with Crippen LogP contribution in [0.2, 0.25) is 0 Å². The van der Waals surface area contributed by atoms with Crippen molar-refractivity contribution in [1.29, 1.82) is 0 Å². The van der Waals surface area contributed by atoms with Crippen LogP contribution in [0.1, 0.15) is 26.6 Å². The lowest BCUT2D eigenvalue weighted by molar-refractivity contribution is -0.128. The molecule has 86 valence electrons. The molecule has 0 spiro atoms. The summed E-state index contributed by atoms with van der Waals surface area (Å²) in [5.74, 6) is -0.181. The molecule has 0 bridgehead atoms. The lowest BCUT2D eigenvalue weighted by Gasteiger charge is -2.18.